The molecule has 1 aromatic carbocycles. The first-order valence-electron chi connectivity index (χ1n) is 7.57. The molecule has 0 amide bonds. The zero-order valence-electron chi connectivity index (χ0n) is 12.7. The Morgan fingerprint density at radius 2 is 1.87 bits per heavy atom. The Labute approximate surface area is 138 Å². The van der Waals surface area contributed by atoms with E-state index in [4.69, 9.17) is 20.9 Å². The maximum absolute atomic E-state index is 12.0. The normalized spacial score (nSPS) is 17.3. The molecule has 1 aliphatic heterocycles. The van der Waals surface area contributed by atoms with Gasteiger partial charge in [-0.15, -0.1) is 0 Å². The highest BCUT2D eigenvalue weighted by atomic mass is 35.5. The molecule has 2 heterocycles. The van der Waals surface area contributed by atoms with Gasteiger partial charge in [0.15, 0.2) is 5.76 Å². The second-order valence-corrected chi connectivity index (χ2v) is 6.01. The van der Waals surface area contributed by atoms with Crippen LogP contribution in [0.3, 0.4) is 0 Å². The van der Waals surface area contributed by atoms with E-state index in [0.717, 1.165) is 18.7 Å². The van der Waals surface area contributed by atoms with Crippen molar-refractivity contribution < 1.29 is 14.4 Å². The standard InChI is InChI=1S/C16H19ClN2O4/c17-13-3-1-12(2-4-13)15-9-16(21)19(23-15)11-14(20)10-18-5-7-22-8-6-18/h1-4,9,14,20H,5-8,10-11H2/t14-/m0/s1. The molecule has 1 aromatic heterocycles. The molecular weight excluding hydrogens is 320 g/mol. The summed E-state index contributed by atoms with van der Waals surface area (Å²) in [6.07, 6.45) is -0.671. The number of rotatable bonds is 5. The number of nitrogens with zero attached hydrogens (tertiary/aromatic N) is 2. The fraction of sp³-hybridized carbons (Fsp3) is 0.438. The smallest absolute Gasteiger partial charge is 0.283 e. The number of halogens is 1. The summed E-state index contributed by atoms with van der Waals surface area (Å²) in [5, 5.41) is 10.8. The van der Waals surface area contributed by atoms with Crippen molar-refractivity contribution in [3.8, 4) is 11.3 Å². The lowest BCUT2D eigenvalue weighted by atomic mass is 10.2. The molecular formula is C16H19ClN2O4. The summed E-state index contributed by atoms with van der Waals surface area (Å²) in [5.41, 5.74) is 0.504. The van der Waals surface area contributed by atoms with Gasteiger partial charge >= 0.3 is 0 Å². The van der Waals surface area contributed by atoms with Crippen molar-refractivity contribution in [1.29, 1.82) is 0 Å². The Kier molecular flexibility index (Phi) is 5.17. The van der Waals surface area contributed by atoms with Crippen LogP contribution in [0, 0.1) is 0 Å². The molecule has 124 valence electrons. The maximum atomic E-state index is 12.0. The third kappa shape index (κ3) is 4.23. The van der Waals surface area contributed by atoms with Gasteiger partial charge in [-0.2, -0.15) is 4.74 Å². The summed E-state index contributed by atoms with van der Waals surface area (Å²) in [7, 11) is 0. The first kappa shape index (κ1) is 16.3. The van der Waals surface area contributed by atoms with Gasteiger partial charge in [0.05, 0.1) is 31.9 Å². The molecule has 1 saturated heterocycles. The van der Waals surface area contributed by atoms with Crippen LogP contribution in [0.2, 0.25) is 5.02 Å². The van der Waals surface area contributed by atoms with Crippen LogP contribution in [0.5, 0.6) is 0 Å². The van der Waals surface area contributed by atoms with Crippen LogP contribution >= 0.6 is 11.6 Å². The molecule has 1 fully saturated rings. The largest absolute Gasteiger partial charge is 0.390 e. The molecule has 0 unspecified atom stereocenters. The molecule has 7 heteroatoms. The number of hydrogen-bond acceptors (Lipinski definition) is 5. The molecule has 1 N–H and O–H groups in total. The van der Waals surface area contributed by atoms with E-state index in [1.165, 1.54) is 10.8 Å². The SMILES string of the molecule is O=c1cc(-c2ccc(Cl)cc2)on1C[C@@H](O)CN1CCOCC1. The number of aromatic nitrogens is 1. The molecule has 0 spiro atoms. The van der Waals surface area contributed by atoms with E-state index in [9.17, 15) is 9.90 Å². The summed E-state index contributed by atoms with van der Waals surface area (Å²) >= 11 is 5.85. The highest BCUT2D eigenvalue weighted by Gasteiger charge is 2.17. The van der Waals surface area contributed by atoms with Crippen LogP contribution in [0.25, 0.3) is 11.3 Å². The molecule has 0 bridgehead atoms. The van der Waals surface area contributed by atoms with Crippen molar-refractivity contribution in [3.05, 3.63) is 45.7 Å². The van der Waals surface area contributed by atoms with Crippen molar-refractivity contribution in [1.82, 2.24) is 9.64 Å². The van der Waals surface area contributed by atoms with Crippen LogP contribution in [-0.4, -0.2) is 53.7 Å². The lowest BCUT2D eigenvalue weighted by Gasteiger charge is -2.28. The lowest BCUT2D eigenvalue weighted by Crippen LogP contribution is -2.42. The number of β-amino-alcohol motifs (C(OH)–C–C–N with tert-alkyl or cyclic N) is 1. The van der Waals surface area contributed by atoms with E-state index in [0.29, 0.717) is 30.5 Å². The van der Waals surface area contributed by atoms with Gasteiger partial charge in [-0.1, -0.05) is 11.6 Å². The van der Waals surface area contributed by atoms with Gasteiger partial charge in [0.2, 0.25) is 0 Å². The van der Waals surface area contributed by atoms with Gasteiger partial charge in [0.1, 0.15) is 0 Å². The number of aliphatic hydroxyl groups is 1. The van der Waals surface area contributed by atoms with E-state index < -0.39 is 6.10 Å². The molecule has 0 radical (unpaired) electrons. The zero-order valence-corrected chi connectivity index (χ0v) is 13.4. The molecule has 6 nitrogen and oxygen atoms in total. The van der Waals surface area contributed by atoms with E-state index in [1.807, 2.05) is 0 Å². The lowest BCUT2D eigenvalue weighted by molar-refractivity contribution is 0.00611. The number of hydrogen-bond donors (Lipinski definition) is 1. The van der Waals surface area contributed by atoms with Gasteiger partial charge in [0.25, 0.3) is 5.56 Å². The molecule has 0 aliphatic carbocycles. The van der Waals surface area contributed by atoms with Gasteiger partial charge < -0.3 is 14.4 Å². The van der Waals surface area contributed by atoms with Gasteiger partial charge in [0, 0.05) is 30.2 Å². The minimum absolute atomic E-state index is 0.129. The third-order valence-electron chi connectivity index (χ3n) is 3.79. The van der Waals surface area contributed by atoms with Crippen molar-refractivity contribution in [3.63, 3.8) is 0 Å². The highest BCUT2D eigenvalue weighted by molar-refractivity contribution is 6.30. The quantitative estimate of drug-likeness (QED) is 0.894. The van der Waals surface area contributed by atoms with Crippen LogP contribution in [0.15, 0.2) is 39.6 Å². The Balaban J connectivity index is 1.66. The minimum Gasteiger partial charge on any atom is -0.390 e. The number of morpholine rings is 1. The van der Waals surface area contributed by atoms with Crippen molar-refractivity contribution in [2.24, 2.45) is 0 Å². The summed E-state index contributed by atoms with van der Waals surface area (Å²) in [6, 6.07) is 8.47. The second-order valence-electron chi connectivity index (χ2n) is 5.57. The first-order valence-corrected chi connectivity index (χ1v) is 7.95. The Bertz CT molecular complexity index is 689. The number of aliphatic hydroxyl groups excluding tert-OH is 1. The fourth-order valence-electron chi connectivity index (χ4n) is 2.58. The number of benzene rings is 1. The average molecular weight is 339 g/mol. The summed E-state index contributed by atoms with van der Waals surface area (Å²) in [5.74, 6) is 0.463. The zero-order chi connectivity index (χ0) is 16.2. The molecule has 0 saturated carbocycles. The van der Waals surface area contributed by atoms with Crippen molar-refractivity contribution >= 4 is 11.6 Å². The number of ether oxygens (including phenoxy) is 1. The predicted molar refractivity (Wildman–Crippen MR) is 86.7 cm³/mol. The average Bonchev–Trinajstić information content (AvgIpc) is 2.90. The van der Waals surface area contributed by atoms with Crippen LogP contribution in [-0.2, 0) is 11.3 Å². The van der Waals surface area contributed by atoms with Crippen LogP contribution < -0.4 is 5.56 Å². The monoisotopic (exact) mass is 338 g/mol. The first-order chi connectivity index (χ1) is 11.1. The minimum atomic E-state index is -0.671. The predicted octanol–water partition coefficient (Wildman–Crippen LogP) is 1.45. The van der Waals surface area contributed by atoms with Crippen molar-refractivity contribution in [2.45, 2.75) is 12.6 Å². The highest BCUT2D eigenvalue weighted by Crippen LogP contribution is 2.20. The summed E-state index contributed by atoms with van der Waals surface area (Å²) in [6.45, 7) is 3.55. The Morgan fingerprint density at radius 3 is 2.57 bits per heavy atom. The third-order valence-corrected chi connectivity index (χ3v) is 4.04. The van der Waals surface area contributed by atoms with Gasteiger partial charge in [-0.25, -0.2) is 0 Å². The summed E-state index contributed by atoms with van der Waals surface area (Å²) < 4.78 is 12.0. The molecule has 3 rings (SSSR count). The van der Waals surface area contributed by atoms with E-state index in [2.05, 4.69) is 4.90 Å². The molecule has 1 atom stereocenters. The van der Waals surface area contributed by atoms with Gasteiger partial charge in [-0.05, 0) is 24.3 Å². The Hall–Kier alpha value is -1.60. The molecule has 2 aromatic rings. The van der Waals surface area contributed by atoms with Gasteiger partial charge in [-0.3, -0.25) is 9.69 Å². The molecule has 23 heavy (non-hydrogen) atoms. The van der Waals surface area contributed by atoms with Crippen LogP contribution in [0.1, 0.15) is 0 Å². The molecule has 1 aliphatic rings. The fourth-order valence-corrected chi connectivity index (χ4v) is 2.71. The van der Waals surface area contributed by atoms with Crippen LogP contribution in [0.4, 0.5) is 0 Å². The topological polar surface area (TPSA) is 67.8 Å². The summed E-state index contributed by atoms with van der Waals surface area (Å²) in [4.78, 5) is 14.1. The van der Waals surface area contributed by atoms with E-state index in [-0.39, 0.29) is 12.1 Å². The Morgan fingerprint density at radius 1 is 1.17 bits per heavy atom. The maximum Gasteiger partial charge on any atom is 0.283 e. The van der Waals surface area contributed by atoms with E-state index in [1.54, 1.807) is 24.3 Å². The van der Waals surface area contributed by atoms with Crippen molar-refractivity contribution in [2.75, 3.05) is 32.8 Å². The van der Waals surface area contributed by atoms with E-state index >= 15 is 0 Å². The second kappa shape index (κ2) is 7.31.